The van der Waals surface area contributed by atoms with E-state index in [2.05, 4.69) is 34.6 Å². The Morgan fingerprint density at radius 2 is 1.72 bits per heavy atom. The van der Waals surface area contributed by atoms with Crippen LogP contribution in [0.5, 0.6) is 0 Å². The minimum absolute atomic E-state index is 0.268. The second-order valence-electron chi connectivity index (χ2n) is 10.5. The highest BCUT2D eigenvalue weighted by Gasteiger charge is 2.45. The number of carboxylic acids is 1. The maximum Gasteiger partial charge on any atom is 0.309 e. The fourth-order valence-electron chi connectivity index (χ4n) is 6.23. The standard InChI is InChI=1S/C25H44O4/c1-6-8-10-22-18(12-13-19(9-7-2)25(22,4)5)16-29-24(28)20-14-11-17(3)15-21(20)23(26)27/h17-22H,6-16H2,1-5H3,(H,26,27). The van der Waals surface area contributed by atoms with Crippen molar-refractivity contribution >= 4 is 11.9 Å². The average molecular weight is 409 g/mol. The van der Waals surface area contributed by atoms with Crippen LogP contribution in [-0.4, -0.2) is 23.7 Å². The first-order chi connectivity index (χ1) is 13.7. The van der Waals surface area contributed by atoms with E-state index >= 15 is 0 Å². The third-order valence-corrected chi connectivity index (χ3v) is 8.14. The van der Waals surface area contributed by atoms with Crippen LogP contribution in [0, 0.1) is 40.9 Å². The maximum absolute atomic E-state index is 12.8. The summed E-state index contributed by atoms with van der Waals surface area (Å²) in [7, 11) is 0. The molecule has 0 heterocycles. The van der Waals surface area contributed by atoms with E-state index in [0.29, 0.717) is 37.2 Å². The molecule has 0 spiro atoms. The van der Waals surface area contributed by atoms with Crippen molar-refractivity contribution < 1.29 is 19.4 Å². The topological polar surface area (TPSA) is 63.6 Å². The molecule has 2 fully saturated rings. The fourth-order valence-corrected chi connectivity index (χ4v) is 6.23. The van der Waals surface area contributed by atoms with Crippen molar-refractivity contribution in [1.29, 1.82) is 0 Å². The summed E-state index contributed by atoms with van der Waals surface area (Å²) in [4.78, 5) is 24.5. The quantitative estimate of drug-likeness (QED) is 0.453. The van der Waals surface area contributed by atoms with Crippen molar-refractivity contribution in [1.82, 2.24) is 0 Å². The van der Waals surface area contributed by atoms with Crippen LogP contribution >= 0.6 is 0 Å². The summed E-state index contributed by atoms with van der Waals surface area (Å²) >= 11 is 0. The van der Waals surface area contributed by atoms with Crippen LogP contribution in [0.15, 0.2) is 0 Å². The highest BCUT2D eigenvalue weighted by molar-refractivity contribution is 5.81. The molecule has 2 aliphatic carbocycles. The van der Waals surface area contributed by atoms with Gasteiger partial charge < -0.3 is 9.84 Å². The van der Waals surface area contributed by atoms with Crippen LogP contribution in [0.4, 0.5) is 0 Å². The van der Waals surface area contributed by atoms with Crippen molar-refractivity contribution in [2.45, 2.75) is 98.8 Å². The Bertz CT molecular complexity index is 541. The van der Waals surface area contributed by atoms with Crippen molar-refractivity contribution in [3.63, 3.8) is 0 Å². The smallest absolute Gasteiger partial charge is 0.309 e. The Kier molecular flexibility index (Phi) is 9.03. The summed E-state index contributed by atoms with van der Waals surface area (Å²) in [5.41, 5.74) is 0.268. The second-order valence-corrected chi connectivity index (χ2v) is 10.5. The van der Waals surface area contributed by atoms with Crippen molar-refractivity contribution in [2.24, 2.45) is 40.9 Å². The van der Waals surface area contributed by atoms with E-state index in [0.717, 1.165) is 18.8 Å². The van der Waals surface area contributed by atoms with Crippen molar-refractivity contribution in [3.8, 4) is 0 Å². The minimum atomic E-state index is -0.847. The normalized spacial score (nSPS) is 34.5. The Balaban J connectivity index is 2.03. The molecule has 1 N–H and O–H groups in total. The van der Waals surface area contributed by atoms with Gasteiger partial charge in [0.15, 0.2) is 0 Å². The number of hydrogen-bond donors (Lipinski definition) is 1. The molecule has 2 rings (SSSR count). The van der Waals surface area contributed by atoms with E-state index in [1.165, 1.54) is 38.5 Å². The first-order valence-corrected chi connectivity index (χ1v) is 12.1. The SMILES string of the molecule is CCCCC1C(COC(=O)C2CCC(C)CC2C(=O)O)CCC(CCC)C1(C)C. The number of aliphatic carboxylic acids is 1. The second kappa shape index (κ2) is 10.8. The summed E-state index contributed by atoms with van der Waals surface area (Å²) in [6.45, 7) is 11.9. The van der Waals surface area contributed by atoms with Crippen molar-refractivity contribution in [3.05, 3.63) is 0 Å². The van der Waals surface area contributed by atoms with Crippen LogP contribution in [0.3, 0.4) is 0 Å². The lowest BCUT2D eigenvalue weighted by molar-refractivity contribution is -0.163. The molecule has 168 valence electrons. The number of hydrogen-bond acceptors (Lipinski definition) is 3. The summed E-state index contributed by atoms with van der Waals surface area (Å²) in [5.74, 6) is -0.0824. The number of carboxylic acid groups (broad SMARTS) is 1. The van der Waals surface area contributed by atoms with Gasteiger partial charge in [0.05, 0.1) is 18.4 Å². The molecule has 6 unspecified atom stereocenters. The number of carbonyl (C=O) groups excluding carboxylic acids is 1. The number of unbranched alkanes of at least 4 members (excludes halogenated alkanes) is 1. The van der Waals surface area contributed by atoms with E-state index in [9.17, 15) is 14.7 Å². The van der Waals surface area contributed by atoms with E-state index in [4.69, 9.17) is 4.74 Å². The molecule has 0 radical (unpaired) electrons. The Morgan fingerprint density at radius 1 is 1.00 bits per heavy atom. The predicted molar refractivity (Wildman–Crippen MR) is 117 cm³/mol. The number of esters is 1. The van der Waals surface area contributed by atoms with Crippen molar-refractivity contribution in [2.75, 3.05) is 6.61 Å². The van der Waals surface area contributed by atoms with Crippen LogP contribution in [0.1, 0.15) is 98.8 Å². The van der Waals surface area contributed by atoms with Gasteiger partial charge in [0.25, 0.3) is 0 Å². The molecule has 0 aromatic carbocycles. The third kappa shape index (κ3) is 5.98. The van der Waals surface area contributed by atoms with Gasteiger partial charge >= 0.3 is 11.9 Å². The summed E-state index contributed by atoms with van der Waals surface area (Å²) in [6, 6.07) is 0. The maximum atomic E-state index is 12.8. The average Bonchev–Trinajstić information content (AvgIpc) is 2.67. The van der Waals surface area contributed by atoms with Crippen LogP contribution in [0.25, 0.3) is 0 Å². The molecule has 4 heteroatoms. The predicted octanol–water partition coefficient (Wildman–Crippen LogP) is 6.33. The molecule has 4 nitrogen and oxygen atoms in total. The third-order valence-electron chi connectivity index (χ3n) is 8.14. The number of ether oxygens (including phenoxy) is 1. The zero-order valence-corrected chi connectivity index (χ0v) is 19.4. The largest absolute Gasteiger partial charge is 0.481 e. The summed E-state index contributed by atoms with van der Waals surface area (Å²) < 4.78 is 5.83. The first kappa shape index (κ1) is 24.2. The Hall–Kier alpha value is -1.06. The molecular weight excluding hydrogens is 364 g/mol. The van der Waals surface area contributed by atoms with E-state index in [1.54, 1.807) is 0 Å². The molecule has 0 aliphatic heterocycles. The summed E-state index contributed by atoms with van der Waals surface area (Å²) in [6.07, 6.45) is 10.6. The van der Waals surface area contributed by atoms with Crippen LogP contribution in [-0.2, 0) is 14.3 Å². The fraction of sp³-hybridized carbons (Fsp3) is 0.920. The molecule has 2 aliphatic rings. The van der Waals surface area contributed by atoms with E-state index in [-0.39, 0.29) is 11.4 Å². The van der Waals surface area contributed by atoms with Gasteiger partial charge in [0.1, 0.15) is 0 Å². The van der Waals surface area contributed by atoms with E-state index < -0.39 is 17.8 Å². The zero-order valence-electron chi connectivity index (χ0n) is 19.4. The first-order valence-electron chi connectivity index (χ1n) is 12.1. The van der Waals surface area contributed by atoms with Gasteiger partial charge in [0.2, 0.25) is 0 Å². The van der Waals surface area contributed by atoms with Gasteiger partial charge in [-0.25, -0.2) is 0 Å². The molecule has 0 amide bonds. The lowest BCUT2D eigenvalue weighted by Gasteiger charge is -2.50. The molecule has 2 saturated carbocycles. The summed E-state index contributed by atoms with van der Waals surface area (Å²) in [5, 5.41) is 9.57. The number of rotatable bonds is 9. The molecule has 29 heavy (non-hydrogen) atoms. The molecule has 0 bridgehead atoms. The highest BCUT2D eigenvalue weighted by Crippen LogP contribution is 2.51. The highest BCUT2D eigenvalue weighted by atomic mass is 16.5. The van der Waals surface area contributed by atoms with Gasteiger partial charge in [0, 0.05) is 0 Å². The Morgan fingerprint density at radius 3 is 2.34 bits per heavy atom. The molecule has 0 saturated heterocycles. The van der Waals surface area contributed by atoms with Crippen LogP contribution < -0.4 is 0 Å². The zero-order chi connectivity index (χ0) is 21.6. The lowest BCUT2D eigenvalue weighted by Crippen LogP contribution is -2.44. The van der Waals surface area contributed by atoms with E-state index in [1.807, 2.05) is 0 Å². The van der Waals surface area contributed by atoms with Gasteiger partial charge in [-0.3, -0.25) is 9.59 Å². The molecule has 0 aromatic rings. The minimum Gasteiger partial charge on any atom is -0.481 e. The van der Waals surface area contributed by atoms with Gasteiger partial charge in [-0.05, 0) is 67.6 Å². The van der Waals surface area contributed by atoms with Gasteiger partial charge in [-0.15, -0.1) is 0 Å². The lowest BCUT2D eigenvalue weighted by atomic mass is 9.56. The Labute approximate surface area is 178 Å². The van der Waals surface area contributed by atoms with Gasteiger partial charge in [-0.1, -0.05) is 60.3 Å². The molecule has 6 atom stereocenters. The van der Waals surface area contributed by atoms with Crippen LogP contribution in [0.2, 0.25) is 0 Å². The molecular formula is C25H44O4. The molecule has 0 aromatic heterocycles. The monoisotopic (exact) mass is 408 g/mol. The van der Waals surface area contributed by atoms with Gasteiger partial charge in [-0.2, -0.15) is 0 Å². The number of carbonyl (C=O) groups is 2.